The SMILES string of the molecule is Cc1ccc(Cl)cc1N1CCN(C(=O)CCn2c(=O)c(=O)n(C)c3ccccc32)CC1. The third kappa shape index (κ3) is 4.10. The summed E-state index contributed by atoms with van der Waals surface area (Å²) >= 11 is 6.15. The third-order valence-corrected chi connectivity index (χ3v) is 6.20. The van der Waals surface area contributed by atoms with Gasteiger partial charge in [-0.15, -0.1) is 0 Å². The van der Waals surface area contributed by atoms with Crippen LogP contribution in [0.5, 0.6) is 0 Å². The number of hydrogen-bond donors (Lipinski definition) is 0. The molecule has 1 amide bonds. The maximum atomic E-state index is 12.8. The van der Waals surface area contributed by atoms with Gasteiger partial charge in [0.15, 0.2) is 0 Å². The minimum absolute atomic E-state index is 0.0147. The van der Waals surface area contributed by atoms with E-state index in [0.717, 1.165) is 24.3 Å². The fourth-order valence-corrected chi connectivity index (χ4v) is 4.33. The molecule has 0 N–H and O–H groups in total. The van der Waals surface area contributed by atoms with Gasteiger partial charge >= 0.3 is 11.1 Å². The van der Waals surface area contributed by atoms with Crippen LogP contribution in [0.2, 0.25) is 5.02 Å². The predicted octanol–water partition coefficient (Wildman–Crippen LogP) is 2.40. The smallest absolute Gasteiger partial charge is 0.316 e. The predicted molar refractivity (Wildman–Crippen MR) is 123 cm³/mol. The highest BCUT2D eigenvalue weighted by molar-refractivity contribution is 6.30. The van der Waals surface area contributed by atoms with E-state index in [9.17, 15) is 14.4 Å². The van der Waals surface area contributed by atoms with Crippen LogP contribution in [0.3, 0.4) is 0 Å². The summed E-state index contributed by atoms with van der Waals surface area (Å²) in [5.74, 6) is -0.0147. The number of aryl methyl sites for hydroxylation is 3. The van der Waals surface area contributed by atoms with Gasteiger partial charge in [-0.05, 0) is 36.8 Å². The van der Waals surface area contributed by atoms with Crippen LogP contribution in [0.1, 0.15) is 12.0 Å². The van der Waals surface area contributed by atoms with E-state index in [1.807, 2.05) is 35.2 Å². The number of aromatic nitrogens is 2. The van der Waals surface area contributed by atoms with E-state index in [0.29, 0.717) is 29.1 Å². The fourth-order valence-electron chi connectivity index (χ4n) is 4.16. The molecule has 0 aliphatic carbocycles. The average molecular weight is 441 g/mol. The standard InChI is InChI=1S/C23H25ClN4O3/c1-16-7-8-17(24)15-20(16)26-11-13-27(14-12-26)21(29)9-10-28-19-6-4-3-5-18(19)25(2)22(30)23(28)31/h3-8,15H,9-14H2,1-2H3. The van der Waals surface area contributed by atoms with Crippen molar-refractivity contribution in [3.8, 4) is 0 Å². The molecular weight excluding hydrogens is 416 g/mol. The number of amides is 1. The van der Waals surface area contributed by atoms with Crippen LogP contribution in [0.25, 0.3) is 11.0 Å². The number of halogens is 1. The Morgan fingerprint density at radius 2 is 1.65 bits per heavy atom. The van der Waals surface area contributed by atoms with Gasteiger partial charge in [-0.2, -0.15) is 0 Å². The zero-order chi connectivity index (χ0) is 22.1. The third-order valence-electron chi connectivity index (χ3n) is 5.96. The number of benzene rings is 2. The van der Waals surface area contributed by atoms with Crippen molar-refractivity contribution >= 4 is 34.2 Å². The Balaban J connectivity index is 1.45. The second kappa shape index (κ2) is 8.59. The molecule has 162 valence electrons. The molecule has 0 saturated carbocycles. The van der Waals surface area contributed by atoms with Crippen LogP contribution in [0.4, 0.5) is 5.69 Å². The first-order valence-electron chi connectivity index (χ1n) is 10.3. The highest BCUT2D eigenvalue weighted by Crippen LogP contribution is 2.25. The molecule has 1 aromatic heterocycles. The Kier molecular flexibility index (Phi) is 5.87. The molecule has 1 aliphatic rings. The monoisotopic (exact) mass is 440 g/mol. The number of fused-ring (bicyclic) bond motifs is 1. The number of nitrogens with zero attached hydrogens (tertiary/aromatic N) is 4. The lowest BCUT2D eigenvalue weighted by molar-refractivity contribution is -0.131. The maximum absolute atomic E-state index is 12.8. The van der Waals surface area contributed by atoms with Crippen molar-refractivity contribution < 1.29 is 4.79 Å². The Morgan fingerprint density at radius 1 is 0.968 bits per heavy atom. The van der Waals surface area contributed by atoms with Crippen LogP contribution in [-0.2, 0) is 18.4 Å². The van der Waals surface area contributed by atoms with Crippen molar-refractivity contribution in [1.29, 1.82) is 0 Å². The Labute approximate surface area is 185 Å². The lowest BCUT2D eigenvalue weighted by Crippen LogP contribution is -2.49. The molecule has 0 bridgehead atoms. The molecule has 1 aliphatic heterocycles. The van der Waals surface area contributed by atoms with Gasteiger partial charge in [0.1, 0.15) is 0 Å². The number of rotatable bonds is 4. The number of carbonyl (C=O) groups is 1. The van der Waals surface area contributed by atoms with Gasteiger partial charge in [-0.3, -0.25) is 14.4 Å². The molecule has 7 nitrogen and oxygen atoms in total. The molecule has 8 heteroatoms. The van der Waals surface area contributed by atoms with Crippen molar-refractivity contribution in [3.05, 3.63) is 73.8 Å². The van der Waals surface area contributed by atoms with Crippen molar-refractivity contribution in [3.63, 3.8) is 0 Å². The van der Waals surface area contributed by atoms with Gasteiger partial charge in [0.25, 0.3) is 0 Å². The summed E-state index contributed by atoms with van der Waals surface area (Å²) in [6.07, 6.45) is 0.174. The van der Waals surface area contributed by atoms with E-state index in [4.69, 9.17) is 11.6 Å². The molecule has 31 heavy (non-hydrogen) atoms. The minimum Gasteiger partial charge on any atom is -0.368 e. The van der Waals surface area contributed by atoms with E-state index < -0.39 is 11.1 Å². The topological polar surface area (TPSA) is 67.5 Å². The lowest BCUT2D eigenvalue weighted by Gasteiger charge is -2.37. The summed E-state index contributed by atoms with van der Waals surface area (Å²) in [7, 11) is 1.59. The van der Waals surface area contributed by atoms with E-state index in [2.05, 4.69) is 11.8 Å². The van der Waals surface area contributed by atoms with Crippen LogP contribution in [0.15, 0.2) is 52.1 Å². The summed E-state index contributed by atoms with van der Waals surface area (Å²) in [5, 5.41) is 0.700. The molecule has 0 radical (unpaired) electrons. The molecule has 1 saturated heterocycles. The van der Waals surface area contributed by atoms with Crippen molar-refractivity contribution in [2.24, 2.45) is 7.05 Å². The lowest BCUT2D eigenvalue weighted by atomic mass is 10.1. The summed E-state index contributed by atoms with van der Waals surface area (Å²) in [5.41, 5.74) is 2.39. The summed E-state index contributed by atoms with van der Waals surface area (Å²) in [6, 6.07) is 13.1. The van der Waals surface area contributed by atoms with E-state index in [1.165, 1.54) is 9.13 Å². The Bertz CT molecular complexity index is 1260. The van der Waals surface area contributed by atoms with Crippen molar-refractivity contribution in [2.45, 2.75) is 19.9 Å². The van der Waals surface area contributed by atoms with E-state index >= 15 is 0 Å². The largest absolute Gasteiger partial charge is 0.368 e. The fraction of sp³-hybridized carbons (Fsp3) is 0.348. The van der Waals surface area contributed by atoms with Crippen LogP contribution in [0, 0.1) is 6.92 Å². The first kappa shape index (κ1) is 21.2. The van der Waals surface area contributed by atoms with Crippen LogP contribution in [-0.4, -0.2) is 46.1 Å². The zero-order valence-corrected chi connectivity index (χ0v) is 18.4. The molecule has 4 rings (SSSR count). The van der Waals surface area contributed by atoms with Gasteiger partial charge < -0.3 is 18.9 Å². The van der Waals surface area contributed by atoms with Gasteiger partial charge in [0.05, 0.1) is 11.0 Å². The first-order valence-corrected chi connectivity index (χ1v) is 10.7. The minimum atomic E-state index is -0.602. The normalized spacial score (nSPS) is 14.3. The average Bonchev–Trinajstić information content (AvgIpc) is 2.79. The number of carbonyl (C=O) groups excluding carboxylic acids is 1. The number of piperazine rings is 1. The van der Waals surface area contributed by atoms with Gasteiger partial charge in [-0.1, -0.05) is 29.8 Å². The van der Waals surface area contributed by atoms with Crippen LogP contribution < -0.4 is 16.0 Å². The summed E-state index contributed by atoms with van der Waals surface area (Å²) < 4.78 is 2.77. The van der Waals surface area contributed by atoms with Crippen LogP contribution >= 0.6 is 11.6 Å². The first-order chi connectivity index (χ1) is 14.9. The summed E-state index contributed by atoms with van der Waals surface area (Å²) in [4.78, 5) is 41.7. The van der Waals surface area contributed by atoms with Crippen molar-refractivity contribution in [2.75, 3.05) is 31.1 Å². The second-order valence-corrected chi connectivity index (χ2v) is 8.29. The molecular formula is C23H25ClN4O3. The number of para-hydroxylation sites is 2. The molecule has 0 unspecified atom stereocenters. The second-order valence-electron chi connectivity index (χ2n) is 7.86. The van der Waals surface area contributed by atoms with E-state index in [1.54, 1.807) is 19.2 Å². The Morgan fingerprint density at radius 3 is 2.35 bits per heavy atom. The number of hydrogen-bond acceptors (Lipinski definition) is 4. The van der Waals surface area contributed by atoms with E-state index in [-0.39, 0.29) is 18.9 Å². The van der Waals surface area contributed by atoms with Gasteiger partial charge in [0, 0.05) is 56.9 Å². The molecule has 2 aromatic carbocycles. The highest BCUT2D eigenvalue weighted by Gasteiger charge is 2.22. The maximum Gasteiger partial charge on any atom is 0.316 e. The zero-order valence-electron chi connectivity index (χ0n) is 17.7. The Hall–Kier alpha value is -3.06. The quantitative estimate of drug-likeness (QED) is 0.584. The van der Waals surface area contributed by atoms with Gasteiger partial charge in [-0.25, -0.2) is 0 Å². The number of anilines is 1. The van der Waals surface area contributed by atoms with Crippen molar-refractivity contribution in [1.82, 2.24) is 14.0 Å². The van der Waals surface area contributed by atoms with Gasteiger partial charge in [0.2, 0.25) is 5.91 Å². The molecule has 2 heterocycles. The molecule has 3 aromatic rings. The highest BCUT2D eigenvalue weighted by atomic mass is 35.5. The molecule has 0 atom stereocenters. The molecule has 1 fully saturated rings. The molecule has 0 spiro atoms. The summed E-state index contributed by atoms with van der Waals surface area (Å²) in [6.45, 7) is 4.90.